The summed E-state index contributed by atoms with van der Waals surface area (Å²) in [5.41, 5.74) is 0.0152. The fourth-order valence-corrected chi connectivity index (χ4v) is 1.74. The van der Waals surface area contributed by atoms with E-state index in [1.165, 1.54) is 6.07 Å². The zero-order chi connectivity index (χ0) is 12.8. The van der Waals surface area contributed by atoms with Gasteiger partial charge in [-0.25, -0.2) is 0 Å². The highest BCUT2D eigenvalue weighted by atomic mass is 127. The van der Waals surface area contributed by atoms with Gasteiger partial charge in [-0.05, 0) is 34.7 Å². The van der Waals surface area contributed by atoms with Crippen LogP contribution in [-0.4, -0.2) is 24.1 Å². The quantitative estimate of drug-likeness (QED) is 0.371. The number of hydrogen-bond acceptors (Lipinski definition) is 4. The molecule has 5 nitrogen and oxygen atoms in total. The molecular formula is C11H15IN2O3. The lowest BCUT2D eigenvalue weighted by molar-refractivity contribution is -0.385. The lowest BCUT2D eigenvalue weighted by Gasteiger charge is -2.09. The molecule has 6 heteroatoms. The fourth-order valence-electron chi connectivity index (χ4n) is 1.26. The van der Waals surface area contributed by atoms with Crippen molar-refractivity contribution in [3.63, 3.8) is 0 Å². The number of ether oxygens (including phenoxy) is 1. The van der Waals surface area contributed by atoms with Gasteiger partial charge in [-0.3, -0.25) is 10.1 Å². The van der Waals surface area contributed by atoms with Crippen molar-refractivity contribution in [2.24, 2.45) is 0 Å². The Morgan fingerprint density at radius 2 is 2.24 bits per heavy atom. The standard InChI is InChI=1S/C11H15IN2O3/c1-8(2)13-5-6-17-11-4-3-9(12)7-10(11)14(15)16/h3-4,7-8,13H,5-6H2,1-2H3. The molecule has 0 saturated carbocycles. The van der Waals surface area contributed by atoms with Crippen molar-refractivity contribution in [1.82, 2.24) is 5.32 Å². The minimum Gasteiger partial charge on any atom is -0.485 e. The van der Waals surface area contributed by atoms with Crippen LogP contribution in [0, 0.1) is 13.7 Å². The molecule has 0 spiro atoms. The van der Waals surface area contributed by atoms with Crippen LogP contribution in [0.4, 0.5) is 5.69 Å². The molecule has 0 fully saturated rings. The Morgan fingerprint density at radius 1 is 1.53 bits per heavy atom. The molecule has 0 saturated heterocycles. The summed E-state index contributed by atoms with van der Waals surface area (Å²) in [6.07, 6.45) is 0. The maximum atomic E-state index is 10.8. The third-order valence-electron chi connectivity index (χ3n) is 2.03. The Balaban J connectivity index is 2.61. The molecule has 1 aromatic rings. The molecule has 1 N–H and O–H groups in total. The van der Waals surface area contributed by atoms with Gasteiger partial charge in [-0.15, -0.1) is 0 Å². The molecule has 0 aliphatic heterocycles. The third kappa shape index (κ3) is 4.86. The summed E-state index contributed by atoms with van der Waals surface area (Å²) in [5.74, 6) is 0.320. The van der Waals surface area contributed by atoms with E-state index in [2.05, 4.69) is 5.32 Å². The third-order valence-corrected chi connectivity index (χ3v) is 2.70. The van der Waals surface area contributed by atoms with Crippen molar-refractivity contribution >= 4 is 28.3 Å². The first-order valence-corrected chi connectivity index (χ1v) is 6.38. The number of nitro benzene ring substituents is 1. The predicted octanol–water partition coefficient (Wildman–Crippen LogP) is 2.58. The fraction of sp³-hybridized carbons (Fsp3) is 0.455. The summed E-state index contributed by atoms with van der Waals surface area (Å²) in [7, 11) is 0. The van der Waals surface area contributed by atoms with Gasteiger partial charge in [-0.1, -0.05) is 13.8 Å². The molecule has 0 radical (unpaired) electrons. The van der Waals surface area contributed by atoms with E-state index in [0.29, 0.717) is 24.9 Å². The van der Waals surface area contributed by atoms with E-state index in [-0.39, 0.29) is 5.69 Å². The molecule has 1 rings (SSSR count). The van der Waals surface area contributed by atoms with Gasteiger partial charge >= 0.3 is 5.69 Å². The van der Waals surface area contributed by atoms with Gasteiger partial charge in [0.25, 0.3) is 0 Å². The number of nitrogens with one attached hydrogen (secondary N) is 1. The lowest BCUT2D eigenvalue weighted by Crippen LogP contribution is -2.27. The summed E-state index contributed by atoms with van der Waals surface area (Å²) in [6.45, 7) is 5.15. The minimum atomic E-state index is -0.423. The second kappa shape index (κ2) is 6.75. The van der Waals surface area contributed by atoms with E-state index in [4.69, 9.17) is 4.74 Å². The molecule has 0 aliphatic rings. The smallest absolute Gasteiger partial charge is 0.311 e. The molecule has 0 atom stereocenters. The van der Waals surface area contributed by atoms with Crippen molar-refractivity contribution in [3.05, 3.63) is 31.9 Å². The molecule has 0 aromatic heterocycles. The van der Waals surface area contributed by atoms with Crippen LogP contribution in [0.3, 0.4) is 0 Å². The average Bonchev–Trinajstić information content (AvgIpc) is 2.25. The molecule has 0 heterocycles. The SMILES string of the molecule is CC(C)NCCOc1ccc(I)cc1[N+](=O)[O-]. The molecule has 0 unspecified atom stereocenters. The van der Waals surface area contributed by atoms with Crippen LogP contribution < -0.4 is 10.1 Å². The molecule has 1 aromatic carbocycles. The van der Waals surface area contributed by atoms with Gasteiger partial charge in [0.2, 0.25) is 0 Å². The molecule has 0 bridgehead atoms. The Labute approximate surface area is 114 Å². The van der Waals surface area contributed by atoms with Gasteiger partial charge in [0, 0.05) is 22.2 Å². The van der Waals surface area contributed by atoms with Crippen LogP contribution in [0.2, 0.25) is 0 Å². The Bertz CT molecular complexity index is 396. The highest BCUT2D eigenvalue weighted by Gasteiger charge is 2.15. The molecule has 94 valence electrons. The van der Waals surface area contributed by atoms with Crippen LogP contribution in [0.15, 0.2) is 18.2 Å². The maximum Gasteiger partial charge on any atom is 0.311 e. The summed E-state index contributed by atoms with van der Waals surface area (Å²) in [6, 6.07) is 5.31. The van der Waals surface area contributed by atoms with Crippen LogP contribution in [-0.2, 0) is 0 Å². The summed E-state index contributed by atoms with van der Waals surface area (Å²) in [4.78, 5) is 10.4. The molecular weight excluding hydrogens is 335 g/mol. The average molecular weight is 350 g/mol. The summed E-state index contributed by atoms with van der Waals surface area (Å²) >= 11 is 2.04. The van der Waals surface area contributed by atoms with Crippen LogP contribution >= 0.6 is 22.6 Å². The van der Waals surface area contributed by atoms with Crippen LogP contribution in [0.25, 0.3) is 0 Å². The Hall–Kier alpha value is -0.890. The van der Waals surface area contributed by atoms with Gasteiger partial charge in [-0.2, -0.15) is 0 Å². The second-order valence-electron chi connectivity index (χ2n) is 3.83. The topological polar surface area (TPSA) is 64.4 Å². The van der Waals surface area contributed by atoms with Crippen molar-refractivity contribution in [1.29, 1.82) is 0 Å². The second-order valence-corrected chi connectivity index (χ2v) is 5.07. The van der Waals surface area contributed by atoms with Gasteiger partial charge in [0.1, 0.15) is 6.61 Å². The first-order chi connectivity index (χ1) is 8.00. The van der Waals surface area contributed by atoms with Crippen molar-refractivity contribution in [2.75, 3.05) is 13.2 Å². The largest absolute Gasteiger partial charge is 0.485 e. The monoisotopic (exact) mass is 350 g/mol. The first kappa shape index (κ1) is 14.2. The normalized spacial score (nSPS) is 10.6. The van der Waals surface area contributed by atoms with E-state index in [9.17, 15) is 10.1 Å². The van der Waals surface area contributed by atoms with E-state index < -0.39 is 4.92 Å². The van der Waals surface area contributed by atoms with Crippen LogP contribution in [0.5, 0.6) is 5.75 Å². The van der Waals surface area contributed by atoms with Crippen molar-refractivity contribution in [3.8, 4) is 5.75 Å². The summed E-state index contributed by atoms with van der Waals surface area (Å²) in [5, 5.41) is 14.0. The summed E-state index contributed by atoms with van der Waals surface area (Å²) < 4.78 is 6.22. The van der Waals surface area contributed by atoms with Crippen LogP contribution in [0.1, 0.15) is 13.8 Å². The Morgan fingerprint density at radius 3 is 2.82 bits per heavy atom. The number of nitro groups is 1. The van der Waals surface area contributed by atoms with Gasteiger partial charge in [0.15, 0.2) is 5.75 Å². The first-order valence-electron chi connectivity index (χ1n) is 5.31. The number of hydrogen-bond donors (Lipinski definition) is 1. The molecule has 0 aliphatic carbocycles. The van der Waals surface area contributed by atoms with Crippen molar-refractivity contribution < 1.29 is 9.66 Å². The Kier molecular flexibility index (Phi) is 5.63. The van der Waals surface area contributed by atoms with E-state index in [1.54, 1.807) is 12.1 Å². The van der Waals surface area contributed by atoms with Gasteiger partial charge in [0.05, 0.1) is 4.92 Å². The van der Waals surface area contributed by atoms with Crippen molar-refractivity contribution in [2.45, 2.75) is 19.9 Å². The van der Waals surface area contributed by atoms with E-state index in [1.807, 2.05) is 36.4 Å². The van der Waals surface area contributed by atoms with E-state index >= 15 is 0 Å². The highest BCUT2D eigenvalue weighted by Crippen LogP contribution is 2.28. The molecule has 0 amide bonds. The lowest BCUT2D eigenvalue weighted by atomic mass is 10.3. The number of nitrogens with zero attached hydrogens (tertiary/aromatic N) is 1. The minimum absolute atomic E-state index is 0.0152. The number of rotatable bonds is 6. The number of benzene rings is 1. The van der Waals surface area contributed by atoms with E-state index in [0.717, 1.165) is 3.57 Å². The zero-order valence-electron chi connectivity index (χ0n) is 9.77. The predicted molar refractivity (Wildman–Crippen MR) is 74.4 cm³/mol. The highest BCUT2D eigenvalue weighted by molar-refractivity contribution is 14.1. The zero-order valence-corrected chi connectivity index (χ0v) is 11.9. The molecule has 17 heavy (non-hydrogen) atoms. The maximum absolute atomic E-state index is 10.8. The van der Waals surface area contributed by atoms with Gasteiger partial charge < -0.3 is 10.1 Å². The number of halogens is 1.